The van der Waals surface area contributed by atoms with Gasteiger partial charge in [0.1, 0.15) is 5.82 Å². The molecular formula is C15H20N6. The normalized spacial score (nSPS) is 13.1. The lowest BCUT2D eigenvalue weighted by molar-refractivity contribution is 0.772. The summed E-state index contributed by atoms with van der Waals surface area (Å²) in [6.45, 7) is 5.90. The van der Waals surface area contributed by atoms with Crippen LogP contribution in [-0.4, -0.2) is 29.5 Å². The minimum atomic E-state index is 0.738. The topological polar surface area (TPSA) is 61.4 Å². The molecule has 0 atom stereocenters. The molecule has 0 amide bonds. The van der Waals surface area contributed by atoms with Gasteiger partial charge in [-0.25, -0.2) is 14.6 Å². The smallest absolute Gasteiger partial charge is 0.168 e. The monoisotopic (exact) mass is 284 g/mol. The van der Waals surface area contributed by atoms with E-state index in [0.717, 1.165) is 35.5 Å². The molecule has 0 aromatic carbocycles. The minimum absolute atomic E-state index is 0.738. The summed E-state index contributed by atoms with van der Waals surface area (Å²) in [4.78, 5) is 8.97. The zero-order chi connectivity index (χ0) is 15.0. The fourth-order valence-electron chi connectivity index (χ4n) is 2.71. The summed E-state index contributed by atoms with van der Waals surface area (Å²) < 4.78 is 3.65. The molecule has 110 valence electrons. The van der Waals surface area contributed by atoms with Crippen LogP contribution in [0.2, 0.25) is 0 Å². The average Bonchev–Trinajstić information content (AvgIpc) is 3.16. The van der Waals surface area contributed by atoms with Crippen molar-refractivity contribution in [1.29, 1.82) is 0 Å². The van der Waals surface area contributed by atoms with Crippen molar-refractivity contribution in [3.05, 3.63) is 29.5 Å². The van der Waals surface area contributed by atoms with Gasteiger partial charge in [-0.05, 0) is 31.7 Å². The van der Waals surface area contributed by atoms with Gasteiger partial charge in [0.2, 0.25) is 0 Å². The van der Waals surface area contributed by atoms with Crippen molar-refractivity contribution in [2.45, 2.75) is 40.0 Å². The van der Waals surface area contributed by atoms with Gasteiger partial charge in [-0.3, -0.25) is 4.68 Å². The zero-order valence-corrected chi connectivity index (χ0v) is 13.0. The number of fused-ring (bicyclic) bond motifs is 2. The molecule has 3 heterocycles. The summed E-state index contributed by atoms with van der Waals surface area (Å²) in [5, 5.41) is 9.85. The summed E-state index contributed by atoms with van der Waals surface area (Å²) in [6, 6.07) is 0. The van der Waals surface area contributed by atoms with Crippen LogP contribution in [0.1, 0.15) is 37.4 Å². The first kappa shape index (κ1) is 13.7. The van der Waals surface area contributed by atoms with Gasteiger partial charge in [0.05, 0.1) is 17.3 Å². The Hall–Kier alpha value is -2.24. The molecule has 21 heavy (non-hydrogen) atoms. The van der Waals surface area contributed by atoms with Crippen LogP contribution in [0.5, 0.6) is 0 Å². The fraction of sp³-hybridized carbons (Fsp3) is 0.467. The number of aryl methyl sites for hydroxylation is 4. The number of nitrogens with zero attached hydrogens (tertiary/aromatic N) is 6. The molecule has 3 aromatic rings. The molecule has 0 saturated heterocycles. The van der Waals surface area contributed by atoms with Gasteiger partial charge < -0.3 is 0 Å². The van der Waals surface area contributed by atoms with Crippen molar-refractivity contribution in [1.82, 2.24) is 29.5 Å². The fourth-order valence-corrected chi connectivity index (χ4v) is 2.71. The van der Waals surface area contributed by atoms with Crippen molar-refractivity contribution in [2.75, 3.05) is 0 Å². The van der Waals surface area contributed by atoms with Crippen molar-refractivity contribution in [2.24, 2.45) is 7.05 Å². The van der Waals surface area contributed by atoms with E-state index in [1.54, 1.807) is 10.9 Å². The van der Waals surface area contributed by atoms with Crippen LogP contribution in [0.4, 0.5) is 0 Å². The lowest BCUT2D eigenvalue weighted by Gasteiger charge is -2.04. The third kappa shape index (κ3) is 2.20. The SMILES string of the molecule is CC.Cc1nc(-n2cc3c(n2)CCC3)c2cnn(C)c2n1. The highest BCUT2D eigenvalue weighted by molar-refractivity contribution is 5.82. The van der Waals surface area contributed by atoms with Gasteiger partial charge in [0.15, 0.2) is 11.5 Å². The molecule has 0 saturated carbocycles. The van der Waals surface area contributed by atoms with Gasteiger partial charge >= 0.3 is 0 Å². The minimum Gasteiger partial charge on any atom is -0.250 e. The summed E-state index contributed by atoms with van der Waals surface area (Å²) >= 11 is 0. The van der Waals surface area contributed by atoms with Crippen LogP contribution in [-0.2, 0) is 19.9 Å². The maximum Gasteiger partial charge on any atom is 0.168 e. The van der Waals surface area contributed by atoms with Gasteiger partial charge in [-0.15, -0.1) is 0 Å². The summed E-state index contributed by atoms with van der Waals surface area (Å²) in [5.74, 6) is 1.56. The third-order valence-corrected chi connectivity index (χ3v) is 3.64. The van der Waals surface area contributed by atoms with Crippen molar-refractivity contribution >= 4 is 11.0 Å². The number of rotatable bonds is 1. The summed E-state index contributed by atoms with van der Waals surface area (Å²) in [5.41, 5.74) is 3.39. The van der Waals surface area contributed by atoms with Crippen LogP contribution in [0, 0.1) is 6.92 Å². The Labute approximate surface area is 123 Å². The average molecular weight is 284 g/mol. The highest BCUT2D eigenvalue weighted by Crippen LogP contribution is 2.24. The standard InChI is InChI=1S/C13H14N6.C2H6/c1-8-15-12-10(6-14-18(12)2)13(16-8)19-7-9-4-3-5-11(9)17-19;1-2/h6-7H,3-5H2,1-2H3;1-2H3. The highest BCUT2D eigenvalue weighted by atomic mass is 15.3. The van der Waals surface area contributed by atoms with E-state index in [4.69, 9.17) is 0 Å². The highest BCUT2D eigenvalue weighted by Gasteiger charge is 2.18. The summed E-state index contributed by atoms with van der Waals surface area (Å²) in [6.07, 6.45) is 7.30. The molecule has 0 aliphatic heterocycles. The molecule has 0 radical (unpaired) electrons. The number of hydrogen-bond acceptors (Lipinski definition) is 4. The van der Waals surface area contributed by atoms with Crippen LogP contribution in [0.25, 0.3) is 16.9 Å². The van der Waals surface area contributed by atoms with Crippen LogP contribution in [0.15, 0.2) is 12.4 Å². The van der Waals surface area contributed by atoms with E-state index < -0.39 is 0 Å². The van der Waals surface area contributed by atoms with E-state index >= 15 is 0 Å². The molecule has 1 aliphatic carbocycles. The molecule has 6 heteroatoms. The molecule has 4 rings (SSSR count). The van der Waals surface area contributed by atoms with Gasteiger partial charge in [0, 0.05) is 13.2 Å². The summed E-state index contributed by atoms with van der Waals surface area (Å²) in [7, 11) is 1.89. The van der Waals surface area contributed by atoms with Crippen molar-refractivity contribution in [3.8, 4) is 5.82 Å². The Balaban J connectivity index is 0.000000636. The third-order valence-electron chi connectivity index (χ3n) is 3.64. The number of aromatic nitrogens is 6. The van der Waals surface area contributed by atoms with Crippen molar-refractivity contribution in [3.63, 3.8) is 0 Å². The van der Waals surface area contributed by atoms with E-state index in [9.17, 15) is 0 Å². The Bertz CT molecular complexity index is 761. The van der Waals surface area contributed by atoms with E-state index in [1.807, 2.05) is 32.5 Å². The van der Waals surface area contributed by atoms with Gasteiger partial charge in [-0.2, -0.15) is 10.2 Å². The Morgan fingerprint density at radius 1 is 1.14 bits per heavy atom. The van der Waals surface area contributed by atoms with E-state index in [0.29, 0.717) is 0 Å². The lowest BCUT2D eigenvalue weighted by atomic mass is 10.3. The van der Waals surface area contributed by atoms with E-state index in [2.05, 4.69) is 26.4 Å². The molecule has 6 nitrogen and oxygen atoms in total. The van der Waals surface area contributed by atoms with Crippen molar-refractivity contribution < 1.29 is 0 Å². The van der Waals surface area contributed by atoms with Crippen LogP contribution < -0.4 is 0 Å². The molecule has 0 unspecified atom stereocenters. The zero-order valence-electron chi connectivity index (χ0n) is 13.0. The first-order valence-electron chi connectivity index (χ1n) is 7.46. The first-order valence-corrected chi connectivity index (χ1v) is 7.46. The van der Waals surface area contributed by atoms with Crippen LogP contribution >= 0.6 is 0 Å². The second-order valence-electron chi connectivity index (χ2n) is 5.00. The predicted molar refractivity (Wildman–Crippen MR) is 81.5 cm³/mol. The van der Waals surface area contributed by atoms with E-state index in [-0.39, 0.29) is 0 Å². The Kier molecular flexibility index (Phi) is 3.45. The largest absolute Gasteiger partial charge is 0.250 e. The quantitative estimate of drug-likeness (QED) is 0.688. The lowest BCUT2D eigenvalue weighted by Crippen LogP contribution is -2.04. The molecule has 1 aliphatic rings. The second-order valence-corrected chi connectivity index (χ2v) is 5.00. The Morgan fingerprint density at radius 2 is 1.95 bits per heavy atom. The predicted octanol–water partition coefficient (Wildman–Crippen LogP) is 2.37. The van der Waals surface area contributed by atoms with E-state index in [1.165, 1.54) is 17.7 Å². The molecule has 0 fully saturated rings. The molecule has 0 bridgehead atoms. The maximum absolute atomic E-state index is 4.65. The number of hydrogen-bond donors (Lipinski definition) is 0. The van der Waals surface area contributed by atoms with Crippen LogP contribution in [0.3, 0.4) is 0 Å². The molecule has 3 aromatic heterocycles. The van der Waals surface area contributed by atoms with Gasteiger partial charge in [0.25, 0.3) is 0 Å². The Morgan fingerprint density at radius 3 is 2.71 bits per heavy atom. The van der Waals surface area contributed by atoms with Gasteiger partial charge in [-0.1, -0.05) is 13.8 Å². The molecule has 0 spiro atoms. The second kappa shape index (κ2) is 5.27. The molecule has 0 N–H and O–H groups in total. The maximum atomic E-state index is 4.65. The first-order chi connectivity index (χ1) is 10.2. The molecular weight excluding hydrogens is 264 g/mol.